The highest BCUT2D eigenvalue weighted by Gasteiger charge is 1.99. The Hall–Kier alpha value is -1.34. The minimum Gasteiger partial charge on any atom is -0.743 e. The van der Waals surface area contributed by atoms with Gasteiger partial charge in [0.1, 0.15) is 0 Å². The fraction of sp³-hybridized carbons (Fsp3) is 0. The van der Waals surface area contributed by atoms with Gasteiger partial charge in [0, 0.05) is 0 Å². The first-order chi connectivity index (χ1) is 5.63. The molecule has 0 saturated carbocycles. The van der Waals surface area contributed by atoms with Crippen LogP contribution in [0.25, 0.3) is 0 Å². The van der Waals surface area contributed by atoms with Gasteiger partial charge in [0.25, 0.3) is 0 Å². The van der Waals surface area contributed by atoms with E-state index in [9.17, 15) is 10.4 Å². The molecule has 1 aromatic rings. The second kappa shape index (κ2) is 3.37. The molecule has 0 aliphatic rings. The van der Waals surface area contributed by atoms with Crippen LogP contribution < -0.4 is 22.0 Å². The summed E-state index contributed by atoms with van der Waals surface area (Å²) in [6, 6.07) is 5.97. The average molecular weight is 168 g/mol. The summed E-state index contributed by atoms with van der Waals surface area (Å²) in [4.78, 5) is 0. The van der Waals surface area contributed by atoms with Crippen LogP contribution in [-0.4, -0.2) is 0 Å². The summed E-state index contributed by atoms with van der Waals surface area (Å²) in [6.45, 7) is 0. The molecule has 0 aliphatic heterocycles. The minimum absolute atomic E-state index is 0.0370. The smallest absolute Gasteiger partial charge is 0.0645 e. The molecule has 4 N–H and O–H groups in total. The van der Waals surface area contributed by atoms with Crippen molar-refractivity contribution in [2.75, 3.05) is 10.3 Å². The number of benzene rings is 1. The molecule has 1 aromatic carbocycles. The zero-order valence-corrected chi connectivity index (χ0v) is 6.18. The maximum absolute atomic E-state index is 10.6. The number of hydrogen-bond donors (Lipinski definition) is 2. The lowest BCUT2D eigenvalue weighted by atomic mass is 10.3. The fourth-order valence-corrected chi connectivity index (χ4v) is 0.837. The lowest BCUT2D eigenvalue weighted by Gasteiger charge is -2.32. The van der Waals surface area contributed by atoms with Gasteiger partial charge in [-0.25, -0.2) is 0 Å². The van der Waals surface area contributed by atoms with Crippen LogP contribution in [0.3, 0.4) is 0 Å². The lowest BCUT2D eigenvalue weighted by molar-refractivity contribution is 1.04. The van der Waals surface area contributed by atoms with Crippen molar-refractivity contribution in [2.24, 2.45) is 11.7 Å². The SMILES string of the molecule is NN([O-])c1ccccc1N(N)[O-]. The molecular formula is C6H8N4O2-2. The maximum atomic E-state index is 10.6. The van der Waals surface area contributed by atoms with Crippen molar-refractivity contribution in [3.05, 3.63) is 34.7 Å². The predicted octanol–water partition coefficient (Wildman–Crippen LogP) is 0.0424. The molecule has 0 atom stereocenters. The van der Waals surface area contributed by atoms with E-state index < -0.39 is 0 Å². The first-order valence-corrected chi connectivity index (χ1v) is 3.16. The van der Waals surface area contributed by atoms with Crippen LogP contribution in [0.4, 0.5) is 11.4 Å². The van der Waals surface area contributed by atoms with Crippen molar-refractivity contribution in [3.63, 3.8) is 0 Å². The number of rotatable bonds is 2. The van der Waals surface area contributed by atoms with Crippen molar-refractivity contribution in [1.82, 2.24) is 0 Å². The highest BCUT2D eigenvalue weighted by atomic mass is 16.5. The molecule has 0 aromatic heterocycles. The van der Waals surface area contributed by atoms with Crippen LogP contribution in [0.5, 0.6) is 0 Å². The molecule has 66 valence electrons. The largest absolute Gasteiger partial charge is 0.743 e. The van der Waals surface area contributed by atoms with E-state index in [1.165, 1.54) is 12.1 Å². The van der Waals surface area contributed by atoms with Crippen LogP contribution in [-0.2, 0) is 0 Å². The second-order valence-electron chi connectivity index (χ2n) is 2.14. The van der Waals surface area contributed by atoms with Gasteiger partial charge in [0.15, 0.2) is 0 Å². The van der Waals surface area contributed by atoms with E-state index >= 15 is 0 Å². The third-order valence-electron chi connectivity index (χ3n) is 1.36. The van der Waals surface area contributed by atoms with Crippen molar-refractivity contribution >= 4 is 11.4 Å². The van der Waals surface area contributed by atoms with E-state index in [1.54, 1.807) is 12.1 Å². The Bertz CT molecular complexity index is 236. The Morgan fingerprint density at radius 2 is 1.25 bits per heavy atom. The summed E-state index contributed by atoms with van der Waals surface area (Å²) in [5, 5.41) is 21.5. The van der Waals surface area contributed by atoms with Gasteiger partial charge in [-0.1, -0.05) is 12.1 Å². The summed E-state index contributed by atoms with van der Waals surface area (Å²) in [5.74, 6) is 9.82. The molecule has 12 heavy (non-hydrogen) atoms. The predicted molar refractivity (Wildman–Crippen MR) is 46.5 cm³/mol. The van der Waals surface area contributed by atoms with Crippen LogP contribution >= 0.6 is 0 Å². The van der Waals surface area contributed by atoms with Crippen molar-refractivity contribution in [3.8, 4) is 0 Å². The number of para-hydroxylation sites is 2. The Labute approximate surface area is 69.1 Å². The van der Waals surface area contributed by atoms with Gasteiger partial charge in [-0.2, -0.15) is 0 Å². The molecule has 0 aliphatic carbocycles. The minimum atomic E-state index is 0.0370. The highest BCUT2D eigenvalue weighted by Crippen LogP contribution is 2.24. The molecule has 6 heteroatoms. The van der Waals surface area contributed by atoms with Crippen LogP contribution in [0.2, 0.25) is 0 Å². The van der Waals surface area contributed by atoms with Crippen LogP contribution in [0.1, 0.15) is 0 Å². The van der Waals surface area contributed by atoms with Crippen LogP contribution in [0.15, 0.2) is 24.3 Å². The zero-order valence-electron chi connectivity index (χ0n) is 6.18. The Kier molecular flexibility index (Phi) is 2.46. The van der Waals surface area contributed by atoms with E-state index in [1.807, 2.05) is 0 Å². The number of nitrogens with two attached hydrogens (primary N) is 2. The highest BCUT2D eigenvalue weighted by molar-refractivity contribution is 5.70. The number of nitrogens with zero attached hydrogens (tertiary/aromatic N) is 2. The monoisotopic (exact) mass is 168 g/mol. The third kappa shape index (κ3) is 1.63. The van der Waals surface area contributed by atoms with E-state index in [0.717, 1.165) is 0 Å². The summed E-state index contributed by atoms with van der Waals surface area (Å²) in [7, 11) is 0. The topological polar surface area (TPSA) is 105 Å². The molecule has 0 fully saturated rings. The molecule has 0 unspecified atom stereocenters. The van der Waals surface area contributed by atoms with E-state index in [0.29, 0.717) is 0 Å². The first-order valence-electron chi connectivity index (χ1n) is 3.16. The average Bonchev–Trinajstić information content (AvgIpc) is 2.04. The Morgan fingerprint density at radius 3 is 1.50 bits per heavy atom. The molecular weight excluding hydrogens is 160 g/mol. The summed E-state index contributed by atoms with van der Waals surface area (Å²) in [5.41, 5.74) is 0.0741. The van der Waals surface area contributed by atoms with Gasteiger partial charge in [-0.05, 0) is 12.1 Å². The third-order valence-corrected chi connectivity index (χ3v) is 1.36. The van der Waals surface area contributed by atoms with Gasteiger partial charge < -0.3 is 20.8 Å². The summed E-state index contributed by atoms with van der Waals surface area (Å²) < 4.78 is 0. The van der Waals surface area contributed by atoms with Gasteiger partial charge in [-0.3, -0.25) is 11.7 Å². The Balaban J connectivity index is 3.09. The molecule has 1 rings (SSSR count). The molecule has 0 bridgehead atoms. The number of hydrogen-bond acceptors (Lipinski definition) is 6. The lowest BCUT2D eigenvalue weighted by Crippen LogP contribution is -2.29. The van der Waals surface area contributed by atoms with E-state index in [4.69, 9.17) is 11.7 Å². The van der Waals surface area contributed by atoms with Gasteiger partial charge >= 0.3 is 0 Å². The van der Waals surface area contributed by atoms with Crippen molar-refractivity contribution in [1.29, 1.82) is 0 Å². The van der Waals surface area contributed by atoms with Crippen molar-refractivity contribution in [2.45, 2.75) is 0 Å². The van der Waals surface area contributed by atoms with E-state index in [-0.39, 0.29) is 21.7 Å². The number of hydrazine groups is 2. The fourth-order valence-electron chi connectivity index (χ4n) is 0.837. The normalized spacial score (nSPS) is 9.67. The standard InChI is InChI=1S/C6H8N4O2/c7-9(11)5-3-1-2-4-6(5)10(8)12/h1-4H,7-8H2/q-2. The van der Waals surface area contributed by atoms with Gasteiger partial charge in [-0.15, -0.1) is 0 Å². The second-order valence-corrected chi connectivity index (χ2v) is 2.14. The first kappa shape index (κ1) is 8.75. The molecule has 0 saturated heterocycles. The summed E-state index contributed by atoms with van der Waals surface area (Å²) in [6.07, 6.45) is 0. The zero-order chi connectivity index (χ0) is 9.14. The summed E-state index contributed by atoms with van der Waals surface area (Å²) >= 11 is 0. The molecule has 0 heterocycles. The van der Waals surface area contributed by atoms with Crippen LogP contribution in [0, 0.1) is 10.4 Å². The molecule has 0 amide bonds. The number of anilines is 2. The molecule has 6 nitrogen and oxygen atoms in total. The van der Waals surface area contributed by atoms with E-state index in [2.05, 4.69) is 0 Å². The van der Waals surface area contributed by atoms with Gasteiger partial charge in [0.2, 0.25) is 0 Å². The molecule has 0 spiro atoms. The van der Waals surface area contributed by atoms with Crippen molar-refractivity contribution < 1.29 is 0 Å². The Morgan fingerprint density at radius 1 is 0.917 bits per heavy atom. The maximum Gasteiger partial charge on any atom is 0.0645 e. The van der Waals surface area contributed by atoms with Gasteiger partial charge in [0.05, 0.1) is 11.4 Å². The molecule has 0 radical (unpaired) electrons. The quantitative estimate of drug-likeness (QED) is 0.477.